The molecule has 0 radical (unpaired) electrons. The lowest BCUT2D eigenvalue weighted by molar-refractivity contribution is -0.404. The Bertz CT molecular complexity index is 3140. The molecule has 7 fully saturated rings. The molecule has 38 atom stereocenters. The van der Waals surface area contributed by atoms with Crippen molar-refractivity contribution in [2.45, 2.75) is 285 Å². The molecule has 7 rings (SSSR count). The predicted octanol–water partition coefficient (Wildman–Crippen LogP) is -17.5. The number of hydrogen-bond acceptors (Lipinski definition) is 43. The van der Waals surface area contributed by atoms with E-state index in [-0.39, 0.29) is 0 Å². The molecule has 50 nitrogen and oxygen atoms in total. The zero-order valence-electron chi connectivity index (χ0n) is 59.5. The number of aliphatic hydroxyl groups excluding tert-OH is 21. The maximum absolute atomic E-state index is 13.8. The van der Waals surface area contributed by atoms with Gasteiger partial charge in [0.25, 0.3) is 17.4 Å². The van der Waals surface area contributed by atoms with Gasteiger partial charge in [-0.25, -0.2) is 14.4 Å². The molecule has 0 aromatic heterocycles. The third kappa shape index (κ3) is 20.6. The van der Waals surface area contributed by atoms with Crippen LogP contribution in [0.4, 0.5) is 0 Å². The number of aliphatic carboxylic acids is 3. The molecule has 0 spiro atoms. The Morgan fingerprint density at radius 3 is 1.20 bits per heavy atom. The van der Waals surface area contributed by atoms with Gasteiger partial charge in [0, 0.05) is 53.9 Å². The first-order valence-corrected chi connectivity index (χ1v) is 34.4. The standard InChI is InChI=1S/C61H98N4O46/c1-16(72)62-31-22(78)8-61(58(96)97,108-47(31)35(82)24(80)9-66)111-51-43(90)55(103-44-29(13-70)99-52(91)41(88)40(44)87)102-30(14-71)45(51)104-53-34(65-19(4)75)46(37(84)26(10-67)100-53)105-54-42(89)50(38(85)27(11-68)101-54)110-60(57(94)95)7-23(79)33(64-18(3)74)49(109-60)39(86)28(12-69)106-59(56(92)93)6-21(77)32(63-17(2)73)48(107-59)36(83)25(81)15-98-20(5)76/h21-55,66-71,77-91H,6-15H2,1-5H3,(H,62,72)(H,63,73)(H,64,74)(H,65,75)(H,92,93)(H,94,95)(H,96,97)/t21-,22-,23-,24+,25+,26+,27+,28+,29+,30+,31+,32+,33+,34+,35+,36+,37-,38-,39+,40+,41+,42+,43+,44+,45-,46+,47+,48+,49+,50-,51+,52+,53-,54-,55-,59+,60-,61-/m0/s1. The van der Waals surface area contributed by atoms with Crippen molar-refractivity contribution in [3.8, 4) is 0 Å². The van der Waals surface area contributed by atoms with Crippen LogP contribution in [0.2, 0.25) is 0 Å². The molecular formula is C61H98N4O46. The summed E-state index contributed by atoms with van der Waals surface area (Å²) in [4.78, 5) is 103. The minimum Gasteiger partial charge on any atom is -0.477 e. The molecule has 111 heavy (non-hydrogen) atoms. The van der Waals surface area contributed by atoms with Gasteiger partial charge >= 0.3 is 23.9 Å². The van der Waals surface area contributed by atoms with E-state index in [1.807, 2.05) is 0 Å². The van der Waals surface area contributed by atoms with Crippen LogP contribution in [0.25, 0.3) is 0 Å². The quantitative estimate of drug-likeness (QED) is 0.0271. The van der Waals surface area contributed by atoms with Gasteiger partial charge in [0.15, 0.2) is 25.2 Å². The zero-order valence-corrected chi connectivity index (χ0v) is 59.5. The van der Waals surface area contributed by atoms with Crippen molar-refractivity contribution in [2.75, 3.05) is 46.2 Å². The van der Waals surface area contributed by atoms with Crippen LogP contribution in [-0.2, 0) is 105 Å². The lowest BCUT2D eigenvalue weighted by atomic mass is 9.87. The average molecular weight is 1620 g/mol. The van der Waals surface area contributed by atoms with E-state index >= 15 is 0 Å². The van der Waals surface area contributed by atoms with Gasteiger partial charge in [-0.2, -0.15) is 0 Å². The topological polar surface area (TPSA) is 799 Å². The van der Waals surface area contributed by atoms with Gasteiger partial charge in [0.05, 0.1) is 76.1 Å². The highest BCUT2D eigenvalue weighted by Crippen LogP contribution is 2.44. The second kappa shape index (κ2) is 38.9. The fraction of sp³-hybridized carbons (Fsp3) is 0.869. The van der Waals surface area contributed by atoms with Gasteiger partial charge in [-0.3, -0.25) is 24.0 Å². The normalized spacial score (nSPS) is 42.5. The number of hydrogen-bond donors (Lipinski definition) is 28. The van der Waals surface area contributed by atoms with Crippen LogP contribution < -0.4 is 21.3 Å². The summed E-state index contributed by atoms with van der Waals surface area (Å²) in [6.45, 7) is -4.72. The number of aliphatic hydroxyl groups is 21. The van der Waals surface area contributed by atoms with E-state index in [1.165, 1.54) is 0 Å². The lowest BCUT2D eigenvalue weighted by Gasteiger charge is -2.53. The Hall–Kier alpha value is -5.60. The molecule has 7 saturated heterocycles. The second-order valence-corrected chi connectivity index (χ2v) is 27.4. The van der Waals surface area contributed by atoms with Crippen molar-refractivity contribution in [1.82, 2.24) is 21.3 Å². The highest BCUT2D eigenvalue weighted by atomic mass is 16.8. The number of nitrogens with one attached hydrogen (secondary N) is 4. The summed E-state index contributed by atoms with van der Waals surface area (Å²) in [5.74, 6) is -22.5. The number of carboxylic acids is 3. The summed E-state index contributed by atoms with van der Waals surface area (Å²) in [6, 6.07) is -8.02. The summed E-state index contributed by atoms with van der Waals surface area (Å²) in [5, 5.41) is 277. The summed E-state index contributed by atoms with van der Waals surface area (Å²) in [7, 11) is 0. The van der Waals surface area contributed by atoms with Crippen LogP contribution in [0.3, 0.4) is 0 Å². The first-order chi connectivity index (χ1) is 51.9. The summed E-state index contributed by atoms with van der Waals surface area (Å²) in [5.41, 5.74) is 0. The van der Waals surface area contributed by atoms with Crippen molar-refractivity contribution in [1.29, 1.82) is 0 Å². The fourth-order valence-electron chi connectivity index (χ4n) is 13.9. The first-order valence-electron chi connectivity index (χ1n) is 34.4. The molecule has 638 valence electrons. The Kier molecular flexibility index (Phi) is 32.4. The SMILES string of the molecule is CC(=O)N[C@H]1[C@H](O[C@@H]2[C@H](O[C@]3(C(=O)O)C[C@H](O)[C@@H](NC(C)=O)[C@H]([C@H](O)[C@H](O)CO)O3)[C@@H](O)[C@H](O[C@H]3[C@H](O)[C@@H](O)[C@H](O)O[C@@H]3CO)O[C@@H]2CO)O[C@H](CO)[C@H](O)[C@@H]1O[C@@H]1O[C@H](CO)[C@H](O)[C@H](O[C@]2(C(=O)O)C[C@H](O)[C@@H](NC(C)=O)[C@H]([C@H](O)[C@@H](CO)O[C@]3(C(=O)O)C[C@H](O)[C@@H](NC(C)=O)[C@H]([C@H](O)[C@H](O)COC(C)=O)O3)O2)[C@H]1O. The number of rotatable bonds is 33. The van der Waals surface area contributed by atoms with Gasteiger partial charge in [-0.05, 0) is 0 Å². The van der Waals surface area contributed by atoms with Gasteiger partial charge < -0.3 is 210 Å². The molecule has 28 N–H and O–H groups in total. The maximum atomic E-state index is 13.8. The summed E-state index contributed by atoms with van der Waals surface area (Å²) >= 11 is 0. The Morgan fingerprint density at radius 1 is 0.396 bits per heavy atom. The van der Waals surface area contributed by atoms with Crippen molar-refractivity contribution >= 4 is 47.5 Å². The first kappa shape index (κ1) is 92.6. The molecule has 0 aromatic rings. The lowest BCUT2D eigenvalue weighted by Crippen LogP contribution is -2.73. The molecule has 7 aliphatic heterocycles. The van der Waals surface area contributed by atoms with E-state index in [2.05, 4.69) is 21.3 Å². The number of ether oxygens (including phenoxy) is 14. The van der Waals surface area contributed by atoms with Crippen molar-refractivity contribution in [3.63, 3.8) is 0 Å². The van der Waals surface area contributed by atoms with Gasteiger partial charge in [0.1, 0.15) is 159 Å². The minimum absolute atomic E-state index is 0.811. The third-order valence-electron chi connectivity index (χ3n) is 19.4. The van der Waals surface area contributed by atoms with E-state index < -0.39 is 345 Å². The van der Waals surface area contributed by atoms with Gasteiger partial charge in [-0.1, -0.05) is 0 Å². The van der Waals surface area contributed by atoms with Crippen LogP contribution in [0.1, 0.15) is 53.9 Å². The predicted molar refractivity (Wildman–Crippen MR) is 339 cm³/mol. The van der Waals surface area contributed by atoms with Crippen molar-refractivity contribution < 1.29 is 227 Å². The number of carbonyl (C=O) groups excluding carboxylic acids is 5. The van der Waals surface area contributed by atoms with Crippen molar-refractivity contribution in [2.24, 2.45) is 0 Å². The molecular weight excluding hydrogens is 1520 g/mol. The van der Waals surface area contributed by atoms with Gasteiger partial charge in [-0.15, -0.1) is 0 Å². The average Bonchev–Trinajstić information content (AvgIpc) is 0.747. The maximum Gasteiger partial charge on any atom is 0.364 e. The van der Waals surface area contributed by atoms with Crippen LogP contribution in [0.5, 0.6) is 0 Å². The van der Waals surface area contributed by atoms with Crippen LogP contribution >= 0.6 is 0 Å². The monoisotopic (exact) mass is 1620 g/mol. The number of carboxylic acid groups (broad SMARTS) is 3. The summed E-state index contributed by atoms with van der Waals surface area (Å²) < 4.78 is 80.5. The van der Waals surface area contributed by atoms with Crippen LogP contribution in [0, 0.1) is 0 Å². The molecule has 7 heterocycles. The van der Waals surface area contributed by atoms with Crippen LogP contribution in [0.15, 0.2) is 0 Å². The minimum atomic E-state index is -3.63. The Labute approximate surface area is 626 Å². The molecule has 0 aromatic carbocycles. The largest absolute Gasteiger partial charge is 0.477 e. The summed E-state index contributed by atoms with van der Waals surface area (Å²) in [6.07, 6.45) is -77.6. The fourth-order valence-corrected chi connectivity index (χ4v) is 13.9. The van der Waals surface area contributed by atoms with E-state index in [9.17, 15) is 161 Å². The Balaban J connectivity index is 1.26. The molecule has 0 bridgehead atoms. The molecule has 50 heteroatoms. The number of esters is 1. The molecule has 0 unspecified atom stereocenters. The van der Waals surface area contributed by atoms with E-state index in [0.29, 0.717) is 0 Å². The molecule has 0 aliphatic carbocycles. The van der Waals surface area contributed by atoms with E-state index in [1.54, 1.807) is 0 Å². The third-order valence-corrected chi connectivity index (χ3v) is 19.4. The highest BCUT2D eigenvalue weighted by molar-refractivity contribution is 5.78. The zero-order chi connectivity index (χ0) is 83.1. The Morgan fingerprint density at radius 2 is 0.766 bits per heavy atom. The van der Waals surface area contributed by atoms with Crippen molar-refractivity contribution in [3.05, 3.63) is 0 Å². The molecule has 7 aliphatic rings. The second-order valence-electron chi connectivity index (χ2n) is 27.4. The van der Waals surface area contributed by atoms with E-state index in [0.717, 1.165) is 34.6 Å². The number of carbonyl (C=O) groups is 8. The van der Waals surface area contributed by atoms with Gasteiger partial charge in [0.2, 0.25) is 23.6 Å². The molecule has 0 saturated carbocycles. The molecule has 4 amide bonds. The highest BCUT2D eigenvalue weighted by Gasteiger charge is 2.66. The van der Waals surface area contributed by atoms with E-state index in [4.69, 9.17) is 66.3 Å². The van der Waals surface area contributed by atoms with Crippen LogP contribution in [-0.4, -0.2) is 448 Å². The smallest absolute Gasteiger partial charge is 0.364 e. The number of amides is 4.